The number of nitrogens with one attached hydrogen (secondary N) is 1. The molecule has 72 heavy (non-hydrogen) atoms. The van der Waals surface area contributed by atoms with Crippen LogP contribution < -0.4 is 10.2 Å². The number of benzene rings is 3. The Morgan fingerprint density at radius 2 is 1.06 bits per heavy atom. The van der Waals surface area contributed by atoms with Crippen molar-refractivity contribution in [2.45, 2.75) is 156 Å². The molecule has 7 rings (SSSR count). The predicted octanol–water partition coefficient (Wildman–Crippen LogP) is 10.7. The van der Waals surface area contributed by atoms with Crippen molar-refractivity contribution in [1.82, 2.24) is 0 Å². The highest BCUT2D eigenvalue weighted by atomic mass is 16.6. The van der Waals surface area contributed by atoms with Gasteiger partial charge in [0.15, 0.2) is 0 Å². The molecule has 0 bridgehead atoms. The molecule has 2 heterocycles. The molecule has 2 aliphatic carbocycles. The number of cyclic esters (lactones) is 2. The van der Waals surface area contributed by atoms with Crippen molar-refractivity contribution in [2.24, 2.45) is 10.8 Å². The van der Waals surface area contributed by atoms with Gasteiger partial charge in [-0.15, -0.1) is 0 Å². The molecule has 2 saturated carbocycles. The summed E-state index contributed by atoms with van der Waals surface area (Å²) in [6, 6.07) is 26.3. The zero-order valence-electron chi connectivity index (χ0n) is 42.9. The molecule has 4 fully saturated rings. The fourth-order valence-electron chi connectivity index (χ4n) is 10.3. The highest BCUT2D eigenvalue weighted by Crippen LogP contribution is 2.50. The van der Waals surface area contributed by atoms with E-state index in [0.29, 0.717) is 11.3 Å². The Bertz CT molecular complexity index is 2580. The topological polar surface area (TPSA) is 172 Å². The summed E-state index contributed by atoms with van der Waals surface area (Å²) in [6.45, 7) is 14.8. The van der Waals surface area contributed by atoms with Crippen LogP contribution in [0.15, 0.2) is 138 Å². The standard InChI is InChI=1S/C33H37NO6.C26H33NO5/c1-22(2)12-11-13-23(3)18-30-33(21-31(37)40-30)20-28(39-24(4)35)27(19-29(33)36)34(26-16-9-6-10-17-26)32(38)25-14-7-5-8-15-25;1-17(2)9-8-10-18(3)13-24-26(16-25(30)32-24)15-22(31-19(4)28)21(14-23(26)29)27-20-11-6-5-7-12-20/h5-10,12,14-18,27-28,30H,11,13,19-21H2,1-4H3;5-7,9,11-13,21-22,24,27H,8,10,14-16H2,1-4H3/b23-18+;18-13+/t27-,28+,30-,33?;21-,22+,24-,26?/m11/s1. The van der Waals surface area contributed by atoms with Crippen molar-refractivity contribution >= 4 is 52.7 Å². The minimum absolute atomic E-state index is 0.0179. The summed E-state index contributed by atoms with van der Waals surface area (Å²) in [5, 5.41) is 3.33. The lowest BCUT2D eigenvalue weighted by molar-refractivity contribution is -0.157. The van der Waals surface area contributed by atoms with Crippen molar-refractivity contribution < 1.29 is 52.5 Å². The van der Waals surface area contributed by atoms with E-state index in [1.165, 1.54) is 25.0 Å². The maximum atomic E-state index is 14.0. The second kappa shape index (κ2) is 24.5. The maximum Gasteiger partial charge on any atom is 0.307 e. The Balaban J connectivity index is 0.000000241. The molecule has 382 valence electrons. The number of esters is 4. The predicted molar refractivity (Wildman–Crippen MR) is 276 cm³/mol. The third-order valence-corrected chi connectivity index (χ3v) is 13.9. The van der Waals surface area contributed by atoms with E-state index in [1.54, 1.807) is 41.3 Å². The number of hydrogen-bond acceptors (Lipinski definition) is 12. The molecule has 2 spiro atoms. The number of hydrogen-bond donors (Lipinski definition) is 1. The Labute approximate surface area is 424 Å². The summed E-state index contributed by atoms with van der Waals surface area (Å²) in [7, 11) is 0. The Morgan fingerprint density at radius 3 is 1.54 bits per heavy atom. The van der Waals surface area contributed by atoms with Crippen LogP contribution in [0.5, 0.6) is 0 Å². The van der Waals surface area contributed by atoms with Gasteiger partial charge >= 0.3 is 23.9 Å². The third-order valence-electron chi connectivity index (χ3n) is 13.9. The molecule has 3 aromatic rings. The number of para-hydroxylation sites is 2. The van der Waals surface area contributed by atoms with Crippen LogP contribution in [0.3, 0.4) is 0 Å². The highest BCUT2D eigenvalue weighted by molar-refractivity contribution is 6.07. The number of carbonyl (C=O) groups is 7. The van der Waals surface area contributed by atoms with Crippen LogP contribution in [0.4, 0.5) is 11.4 Å². The van der Waals surface area contributed by atoms with Gasteiger partial charge in [0.1, 0.15) is 36.0 Å². The number of carbonyl (C=O) groups excluding carboxylic acids is 7. The van der Waals surface area contributed by atoms with Gasteiger partial charge in [0.2, 0.25) is 0 Å². The van der Waals surface area contributed by atoms with Crippen LogP contribution in [0, 0.1) is 10.8 Å². The van der Waals surface area contributed by atoms with Gasteiger partial charge in [-0.3, -0.25) is 33.6 Å². The molecule has 13 heteroatoms. The van der Waals surface area contributed by atoms with E-state index in [0.717, 1.165) is 42.5 Å². The minimum atomic E-state index is -1.16. The quantitative estimate of drug-likeness (QED) is 0.0869. The smallest absolute Gasteiger partial charge is 0.307 e. The molecule has 3 aromatic carbocycles. The van der Waals surface area contributed by atoms with E-state index in [1.807, 2.05) is 94.4 Å². The monoisotopic (exact) mass is 982 g/mol. The Hall–Kier alpha value is -6.89. The van der Waals surface area contributed by atoms with Crippen LogP contribution in [0.2, 0.25) is 0 Å². The first-order valence-electron chi connectivity index (χ1n) is 25.0. The number of Topliss-reactive ketones (excluding diaryl/α,β-unsaturated/α-hetero) is 2. The summed E-state index contributed by atoms with van der Waals surface area (Å²) < 4.78 is 22.8. The average Bonchev–Trinajstić information content (AvgIpc) is 3.80. The fourth-order valence-corrected chi connectivity index (χ4v) is 10.3. The minimum Gasteiger partial charge on any atom is -0.460 e. The lowest BCUT2D eigenvalue weighted by atomic mass is 9.65. The normalized spacial score (nSPS) is 25.9. The zero-order chi connectivity index (χ0) is 52.2. The van der Waals surface area contributed by atoms with Crippen molar-refractivity contribution in [3.8, 4) is 0 Å². The summed E-state index contributed by atoms with van der Waals surface area (Å²) in [5.41, 5.74) is 4.30. The van der Waals surface area contributed by atoms with Crippen molar-refractivity contribution in [2.75, 3.05) is 10.2 Å². The third kappa shape index (κ3) is 13.7. The van der Waals surface area contributed by atoms with Crippen LogP contribution in [-0.2, 0) is 47.7 Å². The van der Waals surface area contributed by atoms with Gasteiger partial charge in [-0.2, -0.15) is 0 Å². The number of ketones is 2. The van der Waals surface area contributed by atoms with E-state index in [4.69, 9.17) is 18.9 Å². The number of allylic oxidation sites excluding steroid dienone is 6. The largest absolute Gasteiger partial charge is 0.460 e. The molecule has 0 radical (unpaired) electrons. The average molecular weight is 983 g/mol. The van der Waals surface area contributed by atoms with E-state index in [-0.39, 0.29) is 68.0 Å². The fraction of sp³-hybridized carbons (Fsp3) is 0.441. The molecule has 8 atom stereocenters. The van der Waals surface area contributed by atoms with Gasteiger partial charge in [-0.1, -0.05) is 89.0 Å². The number of nitrogens with zero attached hydrogens (tertiary/aromatic N) is 1. The lowest BCUT2D eigenvalue weighted by Crippen LogP contribution is -2.58. The van der Waals surface area contributed by atoms with Gasteiger partial charge < -0.3 is 29.2 Å². The van der Waals surface area contributed by atoms with E-state index >= 15 is 0 Å². The molecule has 0 aromatic heterocycles. The number of anilines is 2. The summed E-state index contributed by atoms with van der Waals surface area (Å²) in [4.78, 5) is 92.0. The number of ether oxygens (including phenoxy) is 4. The van der Waals surface area contributed by atoms with Crippen LogP contribution in [0.1, 0.15) is 130 Å². The Morgan fingerprint density at radius 1 is 0.611 bits per heavy atom. The van der Waals surface area contributed by atoms with Crippen LogP contribution in [0.25, 0.3) is 0 Å². The van der Waals surface area contributed by atoms with Crippen LogP contribution >= 0.6 is 0 Å². The SMILES string of the molecule is CC(=O)O[C@H]1CC2(CC(=O)O[C@@H]2/C=C(\C)CCC=C(C)C)C(=O)C[C@H]1N(C(=O)c1ccccc1)c1ccccc1.CC(=O)O[C@H]1CC2(CC(=O)O[C@@H]2/C=C(\C)CCC=C(C)C)C(=O)C[C@H]1Nc1ccccc1. The van der Waals surface area contributed by atoms with Crippen LogP contribution in [-0.4, -0.2) is 77.9 Å². The molecular formula is C59H70N2O11. The first kappa shape index (κ1) is 54.4. The van der Waals surface area contributed by atoms with Gasteiger partial charge in [-0.05, 0) is 116 Å². The van der Waals surface area contributed by atoms with Gasteiger partial charge in [0, 0.05) is 56.5 Å². The first-order chi connectivity index (χ1) is 34.3. The van der Waals surface area contributed by atoms with E-state index in [9.17, 15) is 33.6 Å². The van der Waals surface area contributed by atoms with E-state index < -0.39 is 59.2 Å². The zero-order valence-corrected chi connectivity index (χ0v) is 42.9. The summed E-state index contributed by atoms with van der Waals surface area (Å²) >= 11 is 0. The number of amides is 1. The van der Waals surface area contributed by atoms with E-state index in [2.05, 4.69) is 31.3 Å². The van der Waals surface area contributed by atoms with Gasteiger partial charge in [-0.25, -0.2) is 0 Å². The molecule has 1 N–H and O–H groups in total. The molecule has 13 nitrogen and oxygen atoms in total. The number of rotatable bonds is 15. The molecule has 2 saturated heterocycles. The summed E-state index contributed by atoms with van der Waals surface area (Å²) in [5.74, 6) is -2.27. The molecular weight excluding hydrogens is 913 g/mol. The summed E-state index contributed by atoms with van der Waals surface area (Å²) in [6.07, 6.45) is 9.02. The lowest BCUT2D eigenvalue weighted by Gasteiger charge is -2.45. The molecule has 2 unspecified atom stereocenters. The van der Waals surface area contributed by atoms with Gasteiger partial charge in [0.25, 0.3) is 5.91 Å². The second-order valence-corrected chi connectivity index (χ2v) is 20.2. The van der Waals surface area contributed by atoms with Crippen molar-refractivity contribution in [3.05, 3.63) is 143 Å². The molecule has 4 aliphatic rings. The molecule has 1 amide bonds. The first-order valence-corrected chi connectivity index (χ1v) is 25.0. The second-order valence-electron chi connectivity index (χ2n) is 20.2. The highest BCUT2D eigenvalue weighted by Gasteiger charge is 2.61. The van der Waals surface area contributed by atoms with Gasteiger partial charge in [0.05, 0.1) is 35.8 Å². The maximum absolute atomic E-state index is 14.0. The Kier molecular flexibility index (Phi) is 18.5. The van der Waals surface area contributed by atoms with Crippen molar-refractivity contribution in [1.29, 1.82) is 0 Å². The molecule has 2 aliphatic heterocycles. The van der Waals surface area contributed by atoms with Crippen molar-refractivity contribution in [3.63, 3.8) is 0 Å².